The maximum absolute atomic E-state index is 13.2. The monoisotopic (exact) mass is 450 g/mol. The van der Waals surface area contributed by atoms with Crippen LogP contribution in [0.4, 0.5) is 4.39 Å². The summed E-state index contributed by atoms with van der Waals surface area (Å²) in [4.78, 5) is 26.5. The van der Waals surface area contributed by atoms with E-state index in [1.807, 2.05) is 0 Å². The first kappa shape index (κ1) is 21.4. The van der Waals surface area contributed by atoms with Crippen molar-refractivity contribution in [3.8, 4) is 5.69 Å². The number of carbonyl (C=O) groups excluding carboxylic acids is 2. The van der Waals surface area contributed by atoms with Crippen LogP contribution in [0.2, 0.25) is 0 Å². The Balaban J connectivity index is 1.41. The van der Waals surface area contributed by atoms with Gasteiger partial charge >= 0.3 is 5.97 Å². The molecule has 2 heterocycles. The van der Waals surface area contributed by atoms with Crippen molar-refractivity contribution < 1.29 is 27.1 Å². The van der Waals surface area contributed by atoms with Gasteiger partial charge < -0.3 is 9.64 Å². The zero-order valence-corrected chi connectivity index (χ0v) is 17.9. The average molecular weight is 450 g/mol. The lowest BCUT2D eigenvalue weighted by Gasteiger charge is -2.33. The Morgan fingerprint density at radius 1 is 1.10 bits per heavy atom. The molecule has 31 heavy (non-hydrogen) atoms. The molecule has 4 rings (SSSR count). The highest BCUT2D eigenvalue weighted by atomic mass is 32.2. The normalized spacial score (nSPS) is 16.9. The second kappa shape index (κ2) is 8.39. The summed E-state index contributed by atoms with van der Waals surface area (Å²) in [7, 11) is -3.29. The molecule has 0 N–H and O–H groups in total. The second-order valence-electron chi connectivity index (χ2n) is 7.63. The number of carbonyl (C=O) groups is 2. The fourth-order valence-electron chi connectivity index (χ4n) is 3.95. The van der Waals surface area contributed by atoms with Crippen molar-refractivity contribution in [3.63, 3.8) is 0 Å². The van der Waals surface area contributed by atoms with Crippen LogP contribution in [0.15, 0.2) is 24.3 Å². The van der Waals surface area contributed by atoms with Crippen LogP contribution in [0.25, 0.3) is 5.69 Å². The predicted molar refractivity (Wildman–Crippen MR) is 109 cm³/mol. The van der Waals surface area contributed by atoms with Crippen molar-refractivity contribution in [2.75, 3.05) is 39.0 Å². The lowest BCUT2D eigenvalue weighted by atomic mass is 10.2. The number of esters is 1. The largest absolute Gasteiger partial charge is 0.451 e. The predicted octanol–water partition coefficient (Wildman–Crippen LogP) is 0.761. The number of sulfonamides is 1. The standard InChI is InChI=1S/C20H23FN4O5S/c1-31(28,29)24-11-9-23(10-12-24)18(26)13-30-20(27)19-16-3-2-4-17(16)25(22-19)15-7-5-14(21)6-8-15/h5-8H,2-4,9-13H2,1H3. The summed E-state index contributed by atoms with van der Waals surface area (Å²) in [5.74, 6) is -1.42. The van der Waals surface area contributed by atoms with Crippen molar-refractivity contribution in [2.45, 2.75) is 19.3 Å². The van der Waals surface area contributed by atoms with Crippen molar-refractivity contribution >= 4 is 21.9 Å². The molecule has 0 bridgehead atoms. The topological polar surface area (TPSA) is 102 Å². The fraction of sp³-hybridized carbons (Fsp3) is 0.450. The zero-order valence-electron chi connectivity index (χ0n) is 17.1. The van der Waals surface area contributed by atoms with E-state index < -0.39 is 22.6 Å². The smallest absolute Gasteiger partial charge is 0.359 e. The first-order valence-corrected chi connectivity index (χ1v) is 11.9. The Labute approximate surface area is 179 Å². The molecule has 9 nitrogen and oxygen atoms in total. The van der Waals surface area contributed by atoms with E-state index in [1.165, 1.54) is 21.3 Å². The molecule has 0 radical (unpaired) electrons. The number of nitrogens with zero attached hydrogens (tertiary/aromatic N) is 4. The van der Waals surface area contributed by atoms with Crippen LogP contribution in [0, 0.1) is 5.82 Å². The lowest BCUT2D eigenvalue weighted by molar-refractivity contribution is -0.135. The van der Waals surface area contributed by atoms with E-state index in [0.717, 1.165) is 30.4 Å². The van der Waals surface area contributed by atoms with Gasteiger partial charge in [0.25, 0.3) is 5.91 Å². The van der Waals surface area contributed by atoms with Gasteiger partial charge in [0, 0.05) is 37.4 Å². The van der Waals surface area contributed by atoms with Crippen LogP contribution in [0.5, 0.6) is 0 Å². The van der Waals surface area contributed by atoms with Crippen LogP contribution in [-0.4, -0.2) is 78.3 Å². The lowest BCUT2D eigenvalue weighted by Crippen LogP contribution is -2.51. The van der Waals surface area contributed by atoms with E-state index in [2.05, 4.69) is 5.10 Å². The minimum absolute atomic E-state index is 0.173. The van der Waals surface area contributed by atoms with Gasteiger partial charge in [0.05, 0.1) is 11.9 Å². The molecule has 0 saturated carbocycles. The van der Waals surface area contributed by atoms with E-state index in [0.29, 0.717) is 12.1 Å². The number of fused-ring (bicyclic) bond motifs is 1. The number of benzene rings is 1. The fourth-order valence-corrected chi connectivity index (χ4v) is 4.78. The molecule has 1 aliphatic heterocycles. The van der Waals surface area contributed by atoms with Gasteiger partial charge in [-0.2, -0.15) is 9.40 Å². The van der Waals surface area contributed by atoms with Gasteiger partial charge in [-0.1, -0.05) is 0 Å². The number of halogens is 1. The van der Waals surface area contributed by atoms with Crippen LogP contribution in [0.3, 0.4) is 0 Å². The number of ether oxygens (including phenoxy) is 1. The highest BCUT2D eigenvalue weighted by molar-refractivity contribution is 7.88. The van der Waals surface area contributed by atoms with E-state index >= 15 is 0 Å². The quantitative estimate of drug-likeness (QED) is 0.624. The molecule has 1 fully saturated rings. The second-order valence-corrected chi connectivity index (χ2v) is 9.62. The van der Waals surface area contributed by atoms with Crippen molar-refractivity contribution in [2.24, 2.45) is 0 Å². The number of hydrogen-bond donors (Lipinski definition) is 0. The Bertz CT molecular complexity index is 1110. The van der Waals surface area contributed by atoms with E-state index in [1.54, 1.807) is 16.8 Å². The van der Waals surface area contributed by atoms with E-state index in [-0.39, 0.29) is 43.6 Å². The molecular weight excluding hydrogens is 427 g/mol. The molecule has 11 heteroatoms. The SMILES string of the molecule is CS(=O)(=O)N1CCN(C(=O)COC(=O)c2nn(-c3ccc(F)cc3)c3c2CCC3)CC1. The molecule has 1 aliphatic carbocycles. The third-order valence-electron chi connectivity index (χ3n) is 5.58. The molecular formula is C20H23FN4O5S. The maximum atomic E-state index is 13.2. The molecule has 1 aromatic carbocycles. The third kappa shape index (κ3) is 4.47. The van der Waals surface area contributed by atoms with Crippen molar-refractivity contribution in [1.82, 2.24) is 19.0 Å². The summed E-state index contributed by atoms with van der Waals surface area (Å²) < 4.78 is 44.6. The van der Waals surface area contributed by atoms with Crippen LogP contribution < -0.4 is 0 Å². The molecule has 2 aromatic rings. The summed E-state index contributed by atoms with van der Waals surface area (Å²) in [5.41, 5.74) is 2.51. The first-order valence-electron chi connectivity index (χ1n) is 10.0. The number of aromatic nitrogens is 2. The summed E-state index contributed by atoms with van der Waals surface area (Å²) >= 11 is 0. The molecule has 166 valence electrons. The summed E-state index contributed by atoms with van der Waals surface area (Å²) in [6, 6.07) is 5.85. The van der Waals surface area contributed by atoms with Gasteiger partial charge in [-0.3, -0.25) is 4.79 Å². The molecule has 0 spiro atoms. The first-order chi connectivity index (χ1) is 14.7. The Hall–Kier alpha value is -2.79. The van der Waals surface area contributed by atoms with Gasteiger partial charge in [-0.15, -0.1) is 0 Å². The Morgan fingerprint density at radius 3 is 2.42 bits per heavy atom. The molecule has 1 saturated heterocycles. The highest BCUT2D eigenvalue weighted by Gasteiger charge is 2.30. The minimum Gasteiger partial charge on any atom is -0.451 e. The third-order valence-corrected chi connectivity index (χ3v) is 6.89. The summed E-state index contributed by atoms with van der Waals surface area (Å²) in [5, 5.41) is 4.38. The molecule has 1 amide bonds. The molecule has 1 aromatic heterocycles. The highest BCUT2D eigenvalue weighted by Crippen LogP contribution is 2.28. The average Bonchev–Trinajstić information content (AvgIpc) is 3.35. The zero-order chi connectivity index (χ0) is 22.2. The van der Waals surface area contributed by atoms with Crippen molar-refractivity contribution in [3.05, 3.63) is 47.0 Å². The summed E-state index contributed by atoms with van der Waals surface area (Å²) in [6.07, 6.45) is 3.44. The van der Waals surface area contributed by atoms with Crippen molar-refractivity contribution in [1.29, 1.82) is 0 Å². The number of amides is 1. The number of rotatable bonds is 5. The minimum atomic E-state index is -3.29. The molecule has 0 atom stereocenters. The number of piperazine rings is 1. The summed E-state index contributed by atoms with van der Waals surface area (Å²) in [6.45, 7) is 0.494. The van der Waals surface area contributed by atoms with E-state index in [9.17, 15) is 22.4 Å². The van der Waals surface area contributed by atoms with E-state index in [4.69, 9.17) is 4.74 Å². The van der Waals surface area contributed by atoms with Gasteiger partial charge in [0.2, 0.25) is 10.0 Å². The Kier molecular flexibility index (Phi) is 5.80. The molecule has 2 aliphatic rings. The van der Waals surface area contributed by atoms with Gasteiger partial charge in [0.1, 0.15) is 5.82 Å². The van der Waals surface area contributed by atoms with Crippen LogP contribution in [0.1, 0.15) is 28.2 Å². The molecule has 0 unspecified atom stereocenters. The van der Waals surface area contributed by atoms with Gasteiger partial charge in [0.15, 0.2) is 12.3 Å². The van der Waals surface area contributed by atoms with Crippen LogP contribution in [-0.2, 0) is 32.4 Å². The Morgan fingerprint density at radius 2 is 1.77 bits per heavy atom. The van der Waals surface area contributed by atoms with Crippen LogP contribution >= 0.6 is 0 Å². The maximum Gasteiger partial charge on any atom is 0.359 e. The number of hydrogen-bond acceptors (Lipinski definition) is 6. The van der Waals surface area contributed by atoms with Gasteiger partial charge in [-0.05, 0) is 43.5 Å². The van der Waals surface area contributed by atoms with Gasteiger partial charge in [-0.25, -0.2) is 22.3 Å².